The van der Waals surface area contributed by atoms with Crippen molar-refractivity contribution in [3.8, 4) is 5.75 Å². The molecule has 1 aromatic heterocycles. The molecule has 132 valence electrons. The van der Waals surface area contributed by atoms with E-state index in [0.29, 0.717) is 17.1 Å². The standard InChI is InChI=1S/C19H18N4O2S/c1-2-6-13-7-5-8-14(18(13)25)11-20-23-17(24)12-26-19-21-15-9-3-4-10-16(15)22-19/h2-5,7-11,25H,1,6,12H2,(H,21,22)(H,23,24). The first kappa shape index (κ1) is 17.8. The highest BCUT2D eigenvalue weighted by Crippen LogP contribution is 2.21. The largest absolute Gasteiger partial charge is 0.507 e. The molecule has 0 spiro atoms. The average molecular weight is 366 g/mol. The highest BCUT2D eigenvalue weighted by atomic mass is 32.2. The van der Waals surface area contributed by atoms with Gasteiger partial charge in [-0.15, -0.1) is 6.58 Å². The van der Waals surface area contributed by atoms with Crippen molar-refractivity contribution in [1.29, 1.82) is 0 Å². The predicted molar refractivity (Wildman–Crippen MR) is 105 cm³/mol. The van der Waals surface area contributed by atoms with E-state index in [0.717, 1.165) is 16.6 Å². The van der Waals surface area contributed by atoms with Crippen LogP contribution in [0.25, 0.3) is 11.0 Å². The number of hydrogen-bond acceptors (Lipinski definition) is 5. The normalized spacial score (nSPS) is 11.1. The van der Waals surface area contributed by atoms with E-state index in [1.165, 1.54) is 18.0 Å². The Morgan fingerprint density at radius 1 is 1.31 bits per heavy atom. The molecule has 0 saturated heterocycles. The zero-order valence-electron chi connectivity index (χ0n) is 14.0. The fourth-order valence-electron chi connectivity index (χ4n) is 2.37. The summed E-state index contributed by atoms with van der Waals surface area (Å²) in [6.45, 7) is 3.66. The zero-order chi connectivity index (χ0) is 18.4. The summed E-state index contributed by atoms with van der Waals surface area (Å²) in [7, 11) is 0. The number of hydrogen-bond donors (Lipinski definition) is 3. The molecule has 0 radical (unpaired) electrons. The molecule has 1 amide bonds. The van der Waals surface area contributed by atoms with Crippen LogP contribution in [0, 0.1) is 0 Å². The summed E-state index contributed by atoms with van der Waals surface area (Å²) >= 11 is 1.30. The number of phenolic OH excluding ortho intramolecular Hbond substituents is 1. The van der Waals surface area contributed by atoms with E-state index >= 15 is 0 Å². The van der Waals surface area contributed by atoms with Crippen LogP contribution in [0.15, 0.2) is 65.4 Å². The van der Waals surface area contributed by atoms with E-state index in [1.807, 2.05) is 36.4 Å². The lowest BCUT2D eigenvalue weighted by Gasteiger charge is -2.04. The maximum Gasteiger partial charge on any atom is 0.250 e. The molecule has 3 N–H and O–H groups in total. The smallest absolute Gasteiger partial charge is 0.250 e. The quantitative estimate of drug-likeness (QED) is 0.259. The van der Waals surface area contributed by atoms with Gasteiger partial charge in [0.15, 0.2) is 5.16 Å². The summed E-state index contributed by atoms with van der Waals surface area (Å²) in [6, 6.07) is 13.0. The Hall–Kier alpha value is -3.06. The SMILES string of the molecule is C=CCc1cccc(C=NNC(=O)CSc2nc3ccccc3[nH]2)c1O. The molecule has 0 aliphatic rings. The van der Waals surface area contributed by atoms with Crippen LogP contribution in [0.2, 0.25) is 0 Å². The van der Waals surface area contributed by atoms with Gasteiger partial charge in [-0.05, 0) is 30.2 Å². The lowest BCUT2D eigenvalue weighted by atomic mass is 10.1. The van der Waals surface area contributed by atoms with Gasteiger partial charge in [0.1, 0.15) is 5.75 Å². The first-order valence-electron chi connectivity index (χ1n) is 7.98. The van der Waals surface area contributed by atoms with Crippen LogP contribution >= 0.6 is 11.8 Å². The third-order valence-electron chi connectivity index (χ3n) is 3.62. The van der Waals surface area contributed by atoms with E-state index < -0.39 is 0 Å². The number of amides is 1. The van der Waals surface area contributed by atoms with Crippen molar-refractivity contribution in [3.63, 3.8) is 0 Å². The van der Waals surface area contributed by atoms with Crippen LogP contribution in [0.4, 0.5) is 0 Å². The minimum atomic E-state index is -0.256. The van der Waals surface area contributed by atoms with Crippen molar-refractivity contribution in [2.75, 3.05) is 5.75 Å². The Labute approximate surface area is 155 Å². The van der Waals surface area contributed by atoms with Crippen LogP contribution < -0.4 is 5.43 Å². The number of imidazole rings is 1. The maximum absolute atomic E-state index is 11.9. The number of nitrogens with one attached hydrogen (secondary N) is 2. The molecule has 0 saturated carbocycles. The molecule has 0 unspecified atom stereocenters. The van der Waals surface area contributed by atoms with Crippen molar-refractivity contribution < 1.29 is 9.90 Å². The molecule has 0 aliphatic heterocycles. The van der Waals surface area contributed by atoms with Gasteiger partial charge in [-0.3, -0.25) is 4.79 Å². The number of carbonyl (C=O) groups excluding carboxylic acids is 1. The van der Waals surface area contributed by atoms with Crippen LogP contribution in [-0.2, 0) is 11.2 Å². The average Bonchev–Trinajstić information content (AvgIpc) is 3.06. The minimum absolute atomic E-state index is 0.141. The van der Waals surface area contributed by atoms with Crippen molar-refractivity contribution in [3.05, 3.63) is 66.2 Å². The number of thioether (sulfide) groups is 1. The van der Waals surface area contributed by atoms with E-state index in [-0.39, 0.29) is 17.4 Å². The second kappa shape index (κ2) is 8.35. The van der Waals surface area contributed by atoms with Gasteiger partial charge in [-0.2, -0.15) is 5.10 Å². The number of para-hydroxylation sites is 3. The van der Waals surface area contributed by atoms with E-state index in [4.69, 9.17) is 0 Å². The Bertz CT molecular complexity index is 932. The molecule has 6 nitrogen and oxygen atoms in total. The Kier molecular flexibility index (Phi) is 5.70. The van der Waals surface area contributed by atoms with Gasteiger partial charge in [0, 0.05) is 5.56 Å². The molecule has 7 heteroatoms. The number of aromatic nitrogens is 2. The Morgan fingerprint density at radius 2 is 2.15 bits per heavy atom. The number of carbonyl (C=O) groups is 1. The van der Waals surface area contributed by atoms with Crippen LogP contribution in [0.5, 0.6) is 5.75 Å². The van der Waals surface area contributed by atoms with Gasteiger partial charge >= 0.3 is 0 Å². The summed E-state index contributed by atoms with van der Waals surface area (Å²) in [5.74, 6) is 0.0649. The number of phenols is 1. The van der Waals surface area contributed by atoms with Gasteiger partial charge in [0.05, 0.1) is 23.0 Å². The second-order valence-corrected chi connectivity index (χ2v) is 6.45. The van der Waals surface area contributed by atoms with Crippen LogP contribution in [-0.4, -0.2) is 32.9 Å². The number of rotatable bonds is 7. The van der Waals surface area contributed by atoms with Crippen molar-refractivity contribution in [2.24, 2.45) is 5.10 Å². The van der Waals surface area contributed by atoms with Gasteiger partial charge in [-0.1, -0.05) is 42.1 Å². The number of allylic oxidation sites excluding steroid dienone is 1. The zero-order valence-corrected chi connectivity index (χ0v) is 14.8. The van der Waals surface area contributed by atoms with E-state index in [2.05, 4.69) is 27.1 Å². The number of aromatic hydroxyl groups is 1. The third-order valence-corrected chi connectivity index (χ3v) is 4.49. The topological polar surface area (TPSA) is 90.4 Å². The number of nitrogens with zero attached hydrogens (tertiary/aromatic N) is 2. The fraction of sp³-hybridized carbons (Fsp3) is 0.105. The molecule has 26 heavy (non-hydrogen) atoms. The first-order chi connectivity index (χ1) is 12.7. The molecule has 0 bridgehead atoms. The number of benzene rings is 2. The number of fused-ring (bicyclic) bond motifs is 1. The molecule has 1 heterocycles. The molecular weight excluding hydrogens is 348 g/mol. The van der Waals surface area contributed by atoms with Gasteiger partial charge in [0.2, 0.25) is 0 Å². The third kappa shape index (κ3) is 4.31. The maximum atomic E-state index is 11.9. The minimum Gasteiger partial charge on any atom is -0.507 e. The number of aromatic amines is 1. The number of hydrazone groups is 1. The lowest BCUT2D eigenvalue weighted by Crippen LogP contribution is -2.19. The molecular formula is C19H18N4O2S. The summed E-state index contributed by atoms with van der Waals surface area (Å²) < 4.78 is 0. The Morgan fingerprint density at radius 3 is 2.96 bits per heavy atom. The molecule has 0 atom stereocenters. The summed E-state index contributed by atoms with van der Waals surface area (Å²) in [6.07, 6.45) is 3.70. The number of H-pyrrole nitrogens is 1. The predicted octanol–water partition coefficient (Wildman–Crippen LogP) is 3.24. The van der Waals surface area contributed by atoms with E-state index in [1.54, 1.807) is 12.1 Å². The highest BCUT2D eigenvalue weighted by molar-refractivity contribution is 7.99. The monoisotopic (exact) mass is 366 g/mol. The fourth-order valence-corrected chi connectivity index (χ4v) is 3.05. The summed E-state index contributed by atoms with van der Waals surface area (Å²) in [5.41, 5.74) is 5.54. The first-order valence-corrected chi connectivity index (χ1v) is 8.97. The summed E-state index contributed by atoms with van der Waals surface area (Å²) in [4.78, 5) is 19.5. The van der Waals surface area contributed by atoms with Gasteiger partial charge in [-0.25, -0.2) is 10.4 Å². The van der Waals surface area contributed by atoms with Crippen LogP contribution in [0.1, 0.15) is 11.1 Å². The van der Waals surface area contributed by atoms with Crippen LogP contribution in [0.3, 0.4) is 0 Å². The summed E-state index contributed by atoms with van der Waals surface area (Å²) in [5, 5.41) is 14.7. The molecule has 3 rings (SSSR count). The van der Waals surface area contributed by atoms with E-state index in [9.17, 15) is 9.90 Å². The van der Waals surface area contributed by atoms with Crippen molar-refractivity contribution in [2.45, 2.75) is 11.6 Å². The second-order valence-electron chi connectivity index (χ2n) is 5.49. The van der Waals surface area contributed by atoms with Crippen molar-refractivity contribution in [1.82, 2.24) is 15.4 Å². The van der Waals surface area contributed by atoms with Gasteiger partial charge < -0.3 is 10.1 Å². The molecule has 3 aromatic rings. The Balaban J connectivity index is 1.54. The molecule has 2 aromatic carbocycles. The van der Waals surface area contributed by atoms with Gasteiger partial charge in [0.25, 0.3) is 5.91 Å². The highest BCUT2D eigenvalue weighted by Gasteiger charge is 2.07. The molecule has 0 fully saturated rings. The van der Waals surface area contributed by atoms with Crippen molar-refractivity contribution >= 4 is 34.9 Å². The lowest BCUT2D eigenvalue weighted by molar-refractivity contribution is -0.118. The molecule has 0 aliphatic carbocycles.